The summed E-state index contributed by atoms with van der Waals surface area (Å²) in [6, 6.07) is 16.1. The number of carbonyl (C=O) groups excluding carboxylic acids is 1. The van der Waals surface area contributed by atoms with Crippen LogP contribution in [-0.2, 0) is 17.8 Å². The average molecular weight is 291 g/mol. The summed E-state index contributed by atoms with van der Waals surface area (Å²) in [6.07, 6.45) is 3.82. The lowest BCUT2D eigenvalue weighted by atomic mass is 10.0. The molecule has 3 aromatic rings. The fourth-order valence-corrected chi connectivity index (χ4v) is 3.16. The Balaban J connectivity index is 1.63. The number of carbonyl (C=O) groups is 1. The van der Waals surface area contributed by atoms with Crippen LogP contribution >= 0.6 is 0 Å². The SMILES string of the molecule is O=C(Cn1cnc2ccccc21)N1CCCc2ccccc21. The van der Waals surface area contributed by atoms with Crippen LogP contribution in [0.25, 0.3) is 11.0 Å². The van der Waals surface area contributed by atoms with Crippen LogP contribution in [0.3, 0.4) is 0 Å². The van der Waals surface area contributed by atoms with Crippen molar-refractivity contribution in [2.75, 3.05) is 11.4 Å². The van der Waals surface area contributed by atoms with Gasteiger partial charge < -0.3 is 9.47 Å². The Kier molecular flexibility index (Phi) is 3.15. The molecule has 1 aliphatic rings. The molecule has 4 heteroatoms. The number of aromatic nitrogens is 2. The van der Waals surface area contributed by atoms with Gasteiger partial charge in [-0.3, -0.25) is 4.79 Å². The van der Waals surface area contributed by atoms with Crippen LogP contribution in [-0.4, -0.2) is 22.0 Å². The summed E-state index contributed by atoms with van der Waals surface area (Å²) >= 11 is 0. The highest BCUT2D eigenvalue weighted by Gasteiger charge is 2.22. The summed E-state index contributed by atoms with van der Waals surface area (Å²) < 4.78 is 1.93. The van der Waals surface area contributed by atoms with E-state index >= 15 is 0 Å². The van der Waals surface area contributed by atoms with Gasteiger partial charge in [-0.15, -0.1) is 0 Å². The molecular formula is C18H17N3O. The van der Waals surface area contributed by atoms with Crippen molar-refractivity contribution in [2.24, 2.45) is 0 Å². The zero-order chi connectivity index (χ0) is 14.9. The van der Waals surface area contributed by atoms with E-state index in [1.165, 1.54) is 5.56 Å². The molecule has 0 saturated carbocycles. The Labute approximate surface area is 129 Å². The lowest BCUT2D eigenvalue weighted by Gasteiger charge is -2.29. The van der Waals surface area contributed by atoms with Gasteiger partial charge in [0.15, 0.2) is 0 Å². The molecule has 0 bridgehead atoms. The lowest BCUT2D eigenvalue weighted by Crippen LogP contribution is -2.37. The van der Waals surface area contributed by atoms with Crippen molar-refractivity contribution in [3.63, 3.8) is 0 Å². The molecular weight excluding hydrogens is 274 g/mol. The van der Waals surface area contributed by atoms with Crippen LogP contribution in [0.2, 0.25) is 0 Å². The molecule has 0 saturated heterocycles. The highest BCUT2D eigenvalue weighted by Crippen LogP contribution is 2.27. The van der Waals surface area contributed by atoms with Crippen molar-refractivity contribution in [3.8, 4) is 0 Å². The van der Waals surface area contributed by atoms with Crippen LogP contribution in [0.5, 0.6) is 0 Å². The number of hydrogen-bond donors (Lipinski definition) is 0. The van der Waals surface area contributed by atoms with Crippen molar-refractivity contribution in [2.45, 2.75) is 19.4 Å². The monoisotopic (exact) mass is 291 g/mol. The first-order chi connectivity index (χ1) is 10.8. The number of anilines is 1. The summed E-state index contributed by atoms with van der Waals surface area (Å²) in [5.41, 5.74) is 4.25. The standard InChI is InChI=1S/C18H17N3O/c22-18(12-20-13-19-15-8-2-4-10-17(15)20)21-11-5-7-14-6-1-3-9-16(14)21/h1-4,6,8-10,13H,5,7,11-12H2. The van der Waals surface area contributed by atoms with Crippen LogP contribution in [0.4, 0.5) is 5.69 Å². The quantitative estimate of drug-likeness (QED) is 0.728. The van der Waals surface area contributed by atoms with Crippen molar-refractivity contribution in [1.82, 2.24) is 9.55 Å². The molecule has 0 spiro atoms. The third-order valence-corrected chi connectivity index (χ3v) is 4.24. The van der Waals surface area contributed by atoms with E-state index < -0.39 is 0 Å². The second-order valence-electron chi connectivity index (χ2n) is 5.64. The molecule has 0 aliphatic carbocycles. The fourth-order valence-electron chi connectivity index (χ4n) is 3.16. The Morgan fingerprint density at radius 3 is 2.86 bits per heavy atom. The molecule has 1 amide bonds. The first-order valence-electron chi connectivity index (χ1n) is 7.61. The van der Waals surface area contributed by atoms with Crippen LogP contribution in [0.15, 0.2) is 54.9 Å². The molecule has 1 aromatic heterocycles. The van der Waals surface area contributed by atoms with Gasteiger partial charge in [-0.05, 0) is 36.6 Å². The molecule has 0 fully saturated rings. The molecule has 2 heterocycles. The minimum Gasteiger partial charge on any atom is -0.321 e. The van der Waals surface area contributed by atoms with Gasteiger partial charge >= 0.3 is 0 Å². The number of rotatable bonds is 2. The number of amides is 1. The van der Waals surface area contributed by atoms with Crippen molar-refractivity contribution in [1.29, 1.82) is 0 Å². The van der Waals surface area contributed by atoms with E-state index in [1.54, 1.807) is 6.33 Å². The molecule has 0 N–H and O–H groups in total. The van der Waals surface area contributed by atoms with Gasteiger partial charge in [-0.25, -0.2) is 4.98 Å². The molecule has 0 radical (unpaired) electrons. The summed E-state index contributed by atoms with van der Waals surface area (Å²) in [6.45, 7) is 1.12. The second-order valence-corrected chi connectivity index (χ2v) is 5.64. The van der Waals surface area contributed by atoms with Gasteiger partial charge in [0.2, 0.25) is 5.91 Å². The molecule has 4 nitrogen and oxygen atoms in total. The average Bonchev–Trinajstić information content (AvgIpc) is 2.97. The maximum atomic E-state index is 12.7. The number of fused-ring (bicyclic) bond motifs is 2. The Morgan fingerprint density at radius 1 is 1.09 bits per heavy atom. The van der Waals surface area contributed by atoms with Gasteiger partial charge in [0.05, 0.1) is 17.4 Å². The van der Waals surface area contributed by atoms with Crippen LogP contribution in [0.1, 0.15) is 12.0 Å². The highest BCUT2D eigenvalue weighted by molar-refractivity contribution is 5.95. The second kappa shape index (κ2) is 5.30. The van der Waals surface area contributed by atoms with E-state index in [0.717, 1.165) is 36.1 Å². The summed E-state index contributed by atoms with van der Waals surface area (Å²) in [5, 5.41) is 0. The Hall–Kier alpha value is -2.62. The number of hydrogen-bond acceptors (Lipinski definition) is 2. The minimum atomic E-state index is 0.121. The van der Waals surface area contributed by atoms with Gasteiger partial charge in [-0.1, -0.05) is 30.3 Å². The number of imidazole rings is 1. The van der Waals surface area contributed by atoms with E-state index in [9.17, 15) is 4.79 Å². The van der Waals surface area contributed by atoms with Gasteiger partial charge in [0, 0.05) is 12.2 Å². The van der Waals surface area contributed by atoms with Crippen LogP contribution in [0, 0.1) is 0 Å². The van der Waals surface area contributed by atoms with E-state index in [-0.39, 0.29) is 5.91 Å². The Bertz CT molecular complexity index is 837. The molecule has 2 aromatic carbocycles. The maximum absolute atomic E-state index is 12.7. The van der Waals surface area contributed by atoms with Gasteiger partial charge in [-0.2, -0.15) is 0 Å². The predicted octanol–water partition coefficient (Wildman–Crippen LogP) is 3.02. The summed E-state index contributed by atoms with van der Waals surface area (Å²) in [7, 11) is 0. The first-order valence-corrected chi connectivity index (χ1v) is 7.61. The van der Waals surface area contributed by atoms with Crippen molar-refractivity contribution >= 4 is 22.6 Å². The first kappa shape index (κ1) is 13.1. The third kappa shape index (κ3) is 2.17. The number of nitrogens with zero attached hydrogens (tertiary/aromatic N) is 3. The molecule has 4 rings (SSSR count). The molecule has 0 unspecified atom stereocenters. The maximum Gasteiger partial charge on any atom is 0.246 e. The zero-order valence-corrected chi connectivity index (χ0v) is 12.3. The largest absolute Gasteiger partial charge is 0.321 e. The zero-order valence-electron chi connectivity index (χ0n) is 12.3. The Morgan fingerprint density at radius 2 is 1.91 bits per heavy atom. The number of benzene rings is 2. The third-order valence-electron chi connectivity index (χ3n) is 4.24. The summed E-state index contributed by atoms with van der Waals surface area (Å²) in [4.78, 5) is 19.0. The van der Waals surface area contributed by atoms with Crippen molar-refractivity contribution < 1.29 is 4.79 Å². The summed E-state index contributed by atoms with van der Waals surface area (Å²) in [5.74, 6) is 0.121. The lowest BCUT2D eigenvalue weighted by molar-refractivity contribution is -0.119. The normalized spacial score (nSPS) is 14.1. The molecule has 1 aliphatic heterocycles. The van der Waals surface area contributed by atoms with Gasteiger partial charge in [0.1, 0.15) is 6.54 Å². The predicted molar refractivity (Wildman–Crippen MR) is 86.8 cm³/mol. The molecule has 22 heavy (non-hydrogen) atoms. The van der Waals surface area contributed by atoms with Crippen molar-refractivity contribution in [3.05, 3.63) is 60.4 Å². The fraction of sp³-hybridized carbons (Fsp3) is 0.222. The van der Waals surface area contributed by atoms with E-state index in [4.69, 9.17) is 0 Å². The van der Waals surface area contributed by atoms with Crippen LogP contribution < -0.4 is 4.90 Å². The van der Waals surface area contributed by atoms with Gasteiger partial charge in [0.25, 0.3) is 0 Å². The molecule has 0 atom stereocenters. The van der Waals surface area contributed by atoms with E-state index in [0.29, 0.717) is 6.54 Å². The number of para-hydroxylation sites is 3. The molecule has 110 valence electrons. The smallest absolute Gasteiger partial charge is 0.246 e. The highest BCUT2D eigenvalue weighted by atomic mass is 16.2. The van der Waals surface area contributed by atoms with E-state index in [2.05, 4.69) is 11.1 Å². The van der Waals surface area contributed by atoms with E-state index in [1.807, 2.05) is 51.9 Å². The topological polar surface area (TPSA) is 38.1 Å². The number of aryl methyl sites for hydroxylation is 1. The minimum absolute atomic E-state index is 0.121.